The number of sulfone groups is 1. The molecule has 0 saturated carbocycles. The number of carbonyl (C=O) groups is 1. The fourth-order valence-electron chi connectivity index (χ4n) is 2.48. The van der Waals surface area contributed by atoms with E-state index in [4.69, 9.17) is 4.42 Å². The normalized spacial score (nSPS) is 12.6. The number of carbonyl (C=O) groups excluding carboxylic acids is 1. The first-order chi connectivity index (χ1) is 13.0. The minimum atomic E-state index is -3.60. The van der Waals surface area contributed by atoms with Crippen LogP contribution in [-0.4, -0.2) is 30.3 Å². The van der Waals surface area contributed by atoms with Gasteiger partial charge >= 0.3 is 5.22 Å². The number of nitrogens with one attached hydrogen (secondary N) is 1. The van der Waals surface area contributed by atoms with Gasteiger partial charge in [0.15, 0.2) is 0 Å². The van der Waals surface area contributed by atoms with Crippen LogP contribution in [0.3, 0.4) is 0 Å². The Bertz CT molecular complexity index is 983. The highest BCUT2D eigenvalue weighted by Gasteiger charge is 2.26. The van der Waals surface area contributed by atoms with E-state index < -0.39 is 21.1 Å². The summed E-state index contributed by atoms with van der Waals surface area (Å²) in [6, 6.07) is 12.7. The highest BCUT2D eigenvalue weighted by Crippen LogP contribution is 2.20. The lowest BCUT2D eigenvalue weighted by atomic mass is 10.1. The maximum absolute atomic E-state index is 12.4. The Balaban J connectivity index is 1.82. The summed E-state index contributed by atoms with van der Waals surface area (Å²) >= 11 is 1.50. The average molecular weight is 406 g/mol. The van der Waals surface area contributed by atoms with E-state index in [0.717, 1.165) is 10.4 Å². The van der Waals surface area contributed by atoms with Crippen molar-refractivity contribution in [1.82, 2.24) is 15.5 Å². The highest BCUT2D eigenvalue weighted by atomic mass is 32.2. The molecule has 0 saturated heterocycles. The molecule has 7 nitrogen and oxygen atoms in total. The zero-order valence-corrected chi connectivity index (χ0v) is 16.3. The van der Waals surface area contributed by atoms with E-state index in [9.17, 15) is 13.2 Å². The van der Waals surface area contributed by atoms with Gasteiger partial charge in [-0.1, -0.05) is 48.4 Å². The molecule has 0 radical (unpaired) electrons. The van der Waals surface area contributed by atoms with Crippen LogP contribution in [0.25, 0.3) is 0 Å². The number of aromatic nitrogens is 2. The summed E-state index contributed by atoms with van der Waals surface area (Å²) in [5.74, 6) is -0.259. The Hall–Kier alpha value is -2.52. The lowest BCUT2D eigenvalue weighted by Gasteiger charge is -2.15. The minimum Gasteiger partial charge on any atom is -0.410 e. The quantitative estimate of drug-likeness (QED) is 0.618. The third kappa shape index (κ3) is 5.01. The predicted octanol–water partition coefficient (Wildman–Crippen LogP) is 2.57. The zero-order valence-electron chi connectivity index (χ0n) is 14.7. The first kappa shape index (κ1) is 19.2. The smallest absolute Gasteiger partial charge is 0.335 e. The van der Waals surface area contributed by atoms with Gasteiger partial charge in [0.05, 0.1) is 12.2 Å². The second-order valence-electron chi connectivity index (χ2n) is 5.88. The summed E-state index contributed by atoms with van der Waals surface area (Å²) in [4.78, 5) is 13.4. The van der Waals surface area contributed by atoms with Crippen molar-refractivity contribution >= 4 is 27.1 Å². The zero-order chi connectivity index (χ0) is 19.3. The molecule has 142 valence electrons. The molecule has 9 heteroatoms. The molecule has 0 bridgehead atoms. The fraction of sp³-hybridized carbons (Fsp3) is 0.278. The highest BCUT2D eigenvalue weighted by molar-refractivity contribution is 7.91. The van der Waals surface area contributed by atoms with E-state index in [1.54, 1.807) is 0 Å². The molecule has 0 aliphatic rings. The van der Waals surface area contributed by atoms with Crippen molar-refractivity contribution in [1.29, 1.82) is 0 Å². The van der Waals surface area contributed by atoms with E-state index in [1.165, 1.54) is 18.3 Å². The van der Waals surface area contributed by atoms with Crippen molar-refractivity contribution in [3.63, 3.8) is 0 Å². The number of thiophene rings is 1. The molecule has 1 N–H and O–H groups in total. The van der Waals surface area contributed by atoms with Crippen molar-refractivity contribution in [3.8, 4) is 0 Å². The maximum Gasteiger partial charge on any atom is 0.335 e. The van der Waals surface area contributed by atoms with Gasteiger partial charge in [-0.15, -0.1) is 16.4 Å². The first-order valence-electron chi connectivity index (χ1n) is 8.39. The minimum absolute atomic E-state index is 0.0745. The van der Waals surface area contributed by atoms with Crippen molar-refractivity contribution in [3.05, 3.63) is 64.2 Å². The topological polar surface area (TPSA) is 102 Å². The van der Waals surface area contributed by atoms with Gasteiger partial charge in [0, 0.05) is 11.3 Å². The van der Waals surface area contributed by atoms with Crippen molar-refractivity contribution < 1.29 is 17.6 Å². The van der Waals surface area contributed by atoms with Crippen LogP contribution in [-0.2, 0) is 27.5 Å². The van der Waals surface area contributed by atoms with Crippen molar-refractivity contribution in [2.75, 3.05) is 5.75 Å². The third-order valence-electron chi connectivity index (χ3n) is 3.90. The van der Waals surface area contributed by atoms with Crippen molar-refractivity contribution in [2.24, 2.45) is 0 Å². The third-order valence-corrected chi connectivity index (χ3v) is 6.23. The van der Waals surface area contributed by atoms with Gasteiger partial charge in [-0.3, -0.25) is 4.79 Å². The van der Waals surface area contributed by atoms with Gasteiger partial charge in [0.2, 0.25) is 21.6 Å². The maximum atomic E-state index is 12.4. The monoisotopic (exact) mass is 405 g/mol. The number of amides is 1. The Kier molecular flexibility index (Phi) is 6.02. The van der Waals surface area contributed by atoms with Gasteiger partial charge in [-0.2, -0.15) is 0 Å². The Morgan fingerprint density at radius 1 is 1.19 bits per heavy atom. The predicted molar refractivity (Wildman–Crippen MR) is 101 cm³/mol. The van der Waals surface area contributed by atoms with Crippen LogP contribution in [0.4, 0.5) is 0 Å². The molecule has 1 atom stereocenters. The molecule has 1 amide bonds. The lowest BCUT2D eigenvalue weighted by molar-refractivity contribution is -0.121. The SMILES string of the molecule is CCS(=O)(=O)c1nnc([C@H](Cc2ccccc2)NC(=O)Cc2cccs2)o1. The van der Waals surface area contributed by atoms with E-state index in [0.29, 0.717) is 6.42 Å². The Labute approximate surface area is 161 Å². The largest absolute Gasteiger partial charge is 0.410 e. The van der Waals surface area contributed by atoms with Gasteiger partial charge in [0.25, 0.3) is 0 Å². The van der Waals surface area contributed by atoms with E-state index in [1.807, 2.05) is 47.8 Å². The molecule has 2 heterocycles. The summed E-state index contributed by atoms with van der Waals surface area (Å²) in [5, 5.41) is 11.9. The van der Waals surface area contributed by atoms with Crippen LogP contribution in [0.15, 0.2) is 57.5 Å². The summed E-state index contributed by atoms with van der Waals surface area (Å²) in [5.41, 5.74) is 0.956. The summed E-state index contributed by atoms with van der Waals surface area (Å²) in [6.45, 7) is 1.50. The van der Waals surface area contributed by atoms with Crippen molar-refractivity contribution in [2.45, 2.75) is 31.0 Å². The van der Waals surface area contributed by atoms with Crippen LogP contribution < -0.4 is 5.32 Å². The van der Waals surface area contributed by atoms with Crippen LogP contribution in [0, 0.1) is 0 Å². The molecule has 27 heavy (non-hydrogen) atoms. The van der Waals surface area contributed by atoms with Gasteiger partial charge in [0.1, 0.15) is 6.04 Å². The molecule has 3 rings (SSSR count). The van der Waals surface area contributed by atoms with E-state index in [2.05, 4.69) is 15.5 Å². The molecule has 0 aliphatic heterocycles. The molecular weight excluding hydrogens is 386 g/mol. The molecule has 0 aliphatic carbocycles. The summed E-state index contributed by atoms with van der Waals surface area (Å²) < 4.78 is 29.3. The van der Waals surface area contributed by atoms with E-state index >= 15 is 0 Å². The van der Waals surface area contributed by atoms with Crippen LogP contribution in [0.2, 0.25) is 0 Å². The first-order valence-corrected chi connectivity index (χ1v) is 10.9. The molecular formula is C18H19N3O4S2. The van der Waals surface area contributed by atoms with E-state index in [-0.39, 0.29) is 24.0 Å². The molecule has 0 fully saturated rings. The fourth-order valence-corrected chi connectivity index (χ4v) is 3.81. The molecule has 3 aromatic rings. The molecule has 0 spiro atoms. The number of rotatable bonds is 8. The van der Waals surface area contributed by atoms with Gasteiger partial charge < -0.3 is 9.73 Å². The number of hydrogen-bond acceptors (Lipinski definition) is 7. The average Bonchev–Trinajstić information content (AvgIpc) is 3.34. The van der Waals surface area contributed by atoms with Gasteiger partial charge in [-0.05, 0) is 17.0 Å². The Morgan fingerprint density at radius 3 is 2.63 bits per heavy atom. The second-order valence-corrected chi connectivity index (χ2v) is 9.06. The number of hydrogen-bond donors (Lipinski definition) is 1. The standard InChI is InChI=1S/C18H19N3O4S2/c1-2-27(23,24)18-21-20-17(25-18)15(11-13-7-4-3-5-8-13)19-16(22)12-14-9-6-10-26-14/h3-10,15H,2,11-12H2,1H3,(H,19,22)/t15-/m0/s1. The second kappa shape index (κ2) is 8.45. The molecule has 1 aromatic carbocycles. The molecule has 0 unspecified atom stereocenters. The number of nitrogens with zero attached hydrogens (tertiary/aromatic N) is 2. The van der Waals surface area contributed by atoms with Crippen LogP contribution >= 0.6 is 11.3 Å². The summed E-state index contributed by atoms with van der Waals surface area (Å²) in [7, 11) is -3.60. The number of benzene rings is 1. The Morgan fingerprint density at radius 2 is 1.96 bits per heavy atom. The van der Waals surface area contributed by atoms with Crippen LogP contribution in [0.5, 0.6) is 0 Å². The lowest BCUT2D eigenvalue weighted by Crippen LogP contribution is -2.31. The van der Waals surface area contributed by atoms with Crippen LogP contribution in [0.1, 0.15) is 29.3 Å². The van der Waals surface area contributed by atoms with Gasteiger partial charge in [-0.25, -0.2) is 8.42 Å². The molecule has 2 aromatic heterocycles. The summed E-state index contributed by atoms with van der Waals surface area (Å²) in [6.07, 6.45) is 0.641.